The zero-order chi connectivity index (χ0) is 24.4. The second-order valence-electron chi connectivity index (χ2n) is 8.76. The molecule has 1 heterocycles. The van der Waals surface area contributed by atoms with Gasteiger partial charge in [-0.05, 0) is 59.9 Å². The van der Waals surface area contributed by atoms with Crippen LogP contribution in [-0.4, -0.2) is 35.2 Å². The molecule has 2 N–H and O–H groups in total. The molecule has 0 spiro atoms. The molecule has 3 aromatic carbocycles. The summed E-state index contributed by atoms with van der Waals surface area (Å²) in [5.74, 6) is -0.758. The minimum Gasteiger partial charge on any atom is -0.370 e. The fraction of sp³-hybridized carbons (Fsp3) is 0.296. The lowest BCUT2D eigenvalue weighted by Crippen LogP contribution is -2.44. The number of aryl methyl sites for hydroxylation is 1. The molecule has 0 bridgehead atoms. The Labute approximate surface area is 204 Å². The monoisotopic (exact) mass is 477 g/mol. The number of anilines is 1. The van der Waals surface area contributed by atoms with E-state index in [1.807, 2.05) is 49.4 Å². The van der Waals surface area contributed by atoms with Gasteiger partial charge in [-0.15, -0.1) is 0 Å². The smallest absolute Gasteiger partial charge is 0.254 e. The van der Waals surface area contributed by atoms with Gasteiger partial charge in [0.1, 0.15) is 6.04 Å². The van der Waals surface area contributed by atoms with Crippen LogP contribution in [0.4, 0.5) is 5.69 Å². The van der Waals surface area contributed by atoms with E-state index in [2.05, 4.69) is 0 Å². The molecule has 34 heavy (non-hydrogen) atoms. The van der Waals surface area contributed by atoms with Gasteiger partial charge < -0.3 is 15.5 Å². The van der Waals surface area contributed by atoms with Gasteiger partial charge in [-0.2, -0.15) is 0 Å². The Balaban J connectivity index is 1.87. The molecule has 7 heteroatoms. The zero-order valence-corrected chi connectivity index (χ0v) is 20.1. The fourth-order valence-corrected chi connectivity index (χ4v) is 5.08. The standard InChI is InChI=1S/C27H28ClN3O3/c1-17-14-15-30(27(34)26(31(17)18(2)32)20-7-5-8-21(28)16-20)24-12-10-19-6-3-4-9-22(19)23(24)11-13-25(29)33/h3-10,12,16-17,26H,11,13-15H2,1-2H3,(H2,29,33). The summed E-state index contributed by atoms with van der Waals surface area (Å²) in [5.41, 5.74) is 7.79. The Morgan fingerprint density at radius 1 is 1.09 bits per heavy atom. The number of halogens is 1. The highest BCUT2D eigenvalue weighted by Crippen LogP contribution is 2.37. The minimum atomic E-state index is -0.802. The van der Waals surface area contributed by atoms with E-state index in [0.29, 0.717) is 30.0 Å². The number of rotatable bonds is 5. The predicted molar refractivity (Wildman–Crippen MR) is 135 cm³/mol. The quantitative estimate of drug-likeness (QED) is 0.581. The van der Waals surface area contributed by atoms with Crippen LogP contribution in [-0.2, 0) is 20.8 Å². The van der Waals surface area contributed by atoms with Gasteiger partial charge in [0.05, 0.1) is 0 Å². The summed E-state index contributed by atoms with van der Waals surface area (Å²) < 4.78 is 0. The van der Waals surface area contributed by atoms with Crippen molar-refractivity contribution < 1.29 is 14.4 Å². The molecule has 1 fully saturated rings. The van der Waals surface area contributed by atoms with E-state index in [9.17, 15) is 14.4 Å². The van der Waals surface area contributed by atoms with Gasteiger partial charge in [-0.25, -0.2) is 0 Å². The van der Waals surface area contributed by atoms with Crippen molar-refractivity contribution in [2.75, 3.05) is 11.4 Å². The molecule has 0 radical (unpaired) electrons. The summed E-state index contributed by atoms with van der Waals surface area (Å²) in [4.78, 5) is 41.9. The van der Waals surface area contributed by atoms with Gasteiger partial charge in [0, 0.05) is 36.6 Å². The van der Waals surface area contributed by atoms with Crippen molar-refractivity contribution >= 4 is 45.8 Å². The molecule has 0 aromatic heterocycles. The highest BCUT2D eigenvalue weighted by molar-refractivity contribution is 6.30. The third-order valence-corrected chi connectivity index (χ3v) is 6.71. The van der Waals surface area contributed by atoms with Crippen molar-refractivity contribution in [3.8, 4) is 0 Å². The van der Waals surface area contributed by atoms with Crippen LogP contribution >= 0.6 is 11.6 Å². The highest BCUT2D eigenvalue weighted by Gasteiger charge is 2.39. The number of hydrogen-bond donors (Lipinski definition) is 1. The van der Waals surface area contributed by atoms with Crippen LogP contribution in [0.25, 0.3) is 10.8 Å². The first-order valence-electron chi connectivity index (χ1n) is 11.4. The predicted octanol–water partition coefficient (Wildman–Crippen LogP) is 4.63. The molecular weight excluding hydrogens is 450 g/mol. The van der Waals surface area contributed by atoms with E-state index in [0.717, 1.165) is 22.0 Å². The van der Waals surface area contributed by atoms with E-state index >= 15 is 0 Å². The summed E-state index contributed by atoms with van der Waals surface area (Å²) in [7, 11) is 0. The molecule has 2 unspecified atom stereocenters. The van der Waals surface area contributed by atoms with Crippen LogP contribution in [0.2, 0.25) is 5.02 Å². The van der Waals surface area contributed by atoms with E-state index in [1.54, 1.807) is 28.0 Å². The van der Waals surface area contributed by atoms with E-state index < -0.39 is 11.9 Å². The van der Waals surface area contributed by atoms with Gasteiger partial charge in [0.25, 0.3) is 5.91 Å². The summed E-state index contributed by atoms with van der Waals surface area (Å²) in [6.07, 6.45) is 1.21. The third kappa shape index (κ3) is 4.64. The molecule has 1 saturated heterocycles. The van der Waals surface area contributed by atoms with Crippen molar-refractivity contribution in [1.29, 1.82) is 0 Å². The largest absolute Gasteiger partial charge is 0.370 e. The van der Waals surface area contributed by atoms with E-state index in [4.69, 9.17) is 17.3 Å². The Kier molecular flexibility index (Phi) is 6.89. The first kappa shape index (κ1) is 23.8. The number of primary amides is 1. The lowest BCUT2D eigenvalue weighted by atomic mass is 9.97. The second kappa shape index (κ2) is 9.85. The van der Waals surface area contributed by atoms with Crippen LogP contribution in [0.15, 0.2) is 60.7 Å². The maximum Gasteiger partial charge on any atom is 0.254 e. The Morgan fingerprint density at radius 2 is 1.85 bits per heavy atom. The second-order valence-corrected chi connectivity index (χ2v) is 9.20. The van der Waals surface area contributed by atoms with Crippen molar-refractivity contribution in [1.82, 2.24) is 4.90 Å². The van der Waals surface area contributed by atoms with E-state index in [-0.39, 0.29) is 24.3 Å². The number of carbonyl (C=O) groups is 3. The number of nitrogens with zero attached hydrogens (tertiary/aromatic N) is 2. The number of fused-ring (bicyclic) bond motifs is 1. The molecule has 1 aliphatic rings. The lowest BCUT2D eigenvalue weighted by molar-refractivity contribution is -0.139. The average Bonchev–Trinajstić information content (AvgIpc) is 2.93. The molecule has 1 aliphatic heterocycles. The molecule has 3 aromatic rings. The van der Waals surface area contributed by atoms with Crippen molar-refractivity contribution in [3.05, 3.63) is 76.8 Å². The number of nitrogens with two attached hydrogens (primary N) is 1. The van der Waals surface area contributed by atoms with Gasteiger partial charge in [0.2, 0.25) is 11.8 Å². The zero-order valence-electron chi connectivity index (χ0n) is 19.3. The number of benzene rings is 3. The summed E-state index contributed by atoms with van der Waals surface area (Å²) in [5, 5.41) is 2.51. The number of hydrogen-bond acceptors (Lipinski definition) is 3. The average molecular weight is 478 g/mol. The normalized spacial score (nSPS) is 18.7. The topological polar surface area (TPSA) is 83.7 Å². The van der Waals surface area contributed by atoms with Crippen LogP contribution < -0.4 is 10.6 Å². The van der Waals surface area contributed by atoms with Crippen molar-refractivity contribution in [2.45, 2.75) is 45.2 Å². The third-order valence-electron chi connectivity index (χ3n) is 6.48. The van der Waals surface area contributed by atoms with Crippen molar-refractivity contribution in [3.63, 3.8) is 0 Å². The summed E-state index contributed by atoms with van der Waals surface area (Å²) in [6.45, 7) is 3.90. The van der Waals surface area contributed by atoms with E-state index in [1.165, 1.54) is 6.92 Å². The first-order valence-corrected chi connectivity index (χ1v) is 11.8. The molecular formula is C27H28ClN3O3. The van der Waals surface area contributed by atoms with Crippen LogP contribution in [0.1, 0.15) is 43.9 Å². The Morgan fingerprint density at radius 3 is 2.56 bits per heavy atom. The number of carbonyl (C=O) groups excluding carboxylic acids is 3. The van der Waals surface area contributed by atoms with Crippen LogP contribution in [0.3, 0.4) is 0 Å². The maximum absolute atomic E-state index is 14.1. The lowest BCUT2D eigenvalue weighted by Gasteiger charge is -2.34. The molecule has 2 atom stereocenters. The summed E-state index contributed by atoms with van der Waals surface area (Å²) >= 11 is 6.26. The van der Waals surface area contributed by atoms with Gasteiger partial charge in [-0.1, -0.05) is 54.1 Å². The Bertz CT molecular complexity index is 1260. The van der Waals surface area contributed by atoms with Crippen molar-refractivity contribution in [2.24, 2.45) is 5.73 Å². The van der Waals surface area contributed by atoms with Gasteiger partial charge in [-0.3, -0.25) is 14.4 Å². The Hall–Kier alpha value is -3.38. The van der Waals surface area contributed by atoms with Crippen LogP contribution in [0, 0.1) is 0 Å². The molecule has 6 nitrogen and oxygen atoms in total. The summed E-state index contributed by atoms with van der Waals surface area (Å²) in [6, 6.07) is 18.0. The fourth-order valence-electron chi connectivity index (χ4n) is 4.89. The van der Waals surface area contributed by atoms with Gasteiger partial charge in [0.15, 0.2) is 0 Å². The first-order chi connectivity index (χ1) is 16.3. The minimum absolute atomic E-state index is 0.148. The van der Waals surface area contributed by atoms with Crippen LogP contribution in [0.5, 0.6) is 0 Å². The molecule has 4 rings (SSSR count). The highest BCUT2D eigenvalue weighted by atomic mass is 35.5. The molecule has 0 aliphatic carbocycles. The SMILES string of the molecule is CC(=O)N1C(C)CCN(c2ccc3ccccc3c2CCC(N)=O)C(=O)C1c1cccc(Cl)c1. The molecule has 176 valence electrons. The number of amides is 3. The maximum atomic E-state index is 14.1. The molecule has 0 saturated carbocycles. The molecule has 3 amide bonds. The van der Waals surface area contributed by atoms with Gasteiger partial charge >= 0.3 is 0 Å².